The third-order valence-electron chi connectivity index (χ3n) is 13.0. The van der Waals surface area contributed by atoms with Gasteiger partial charge in [0.05, 0.1) is 31.2 Å². The van der Waals surface area contributed by atoms with Crippen LogP contribution < -0.4 is 10.9 Å². The minimum absolute atomic E-state index is 0.0584. The van der Waals surface area contributed by atoms with E-state index in [9.17, 15) is 19.5 Å². The van der Waals surface area contributed by atoms with E-state index < -0.39 is 0 Å². The van der Waals surface area contributed by atoms with Crippen LogP contribution in [0.5, 0.6) is 0 Å². The molecule has 2 aliphatic heterocycles. The van der Waals surface area contributed by atoms with Gasteiger partial charge in [0.1, 0.15) is 0 Å². The molecule has 4 rings (SSSR count). The van der Waals surface area contributed by atoms with Crippen LogP contribution in [0.1, 0.15) is 176 Å². The van der Waals surface area contributed by atoms with Crippen molar-refractivity contribution in [2.75, 3.05) is 19.8 Å². The molecule has 0 amide bonds. The summed E-state index contributed by atoms with van der Waals surface area (Å²) in [5.41, 5.74) is 11.9. The molecule has 0 aromatic carbocycles. The van der Waals surface area contributed by atoms with E-state index in [0.29, 0.717) is 74.0 Å². The van der Waals surface area contributed by atoms with Crippen molar-refractivity contribution in [3.05, 3.63) is 23.0 Å². The Hall–Kier alpha value is -3.21. The zero-order chi connectivity index (χ0) is 42.6. The van der Waals surface area contributed by atoms with Crippen molar-refractivity contribution in [1.82, 2.24) is 10.9 Å². The second-order valence-electron chi connectivity index (χ2n) is 18.8. The summed E-state index contributed by atoms with van der Waals surface area (Å²) < 4.78 is 17.0. The third kappa shape index (κ3) is 16.6. The number of allylic oxidation sites excluding steroid dienone is 3. The monoisotopic (exact) mass is 825 g/mol. The number of unbranched alkanes of at least 4 members (excludes halogenated alkanes) is 1. The fraction of sp³-hybridized carbons (Fsp3) is 0.812. The van der Waals surface area contributed by atoms with Gasteiger partial charge in [-0.1, -0.05) is 53.4 Å². The van der Waals surface area contributed by atoms with Gasteiger partial charge in [0, 0.05) is 48.7 Å². The normalized spacial score (nSPS) is 23.3. The molecule has 2 aliphatic carbocycles. The third-order valence-corrected chi connectivity index (χ3v) is 13.0. The van der Waals surface area contributed by atoms with E-state index >= 15 is 0 Å². The Kier molecular flexibility index (Phi) is 21.5. The number of esters is 3. The lowest BCUT2D eigenvalue weighted by atomic mass is 9.74. The summed E-state index contributed by atoms with van der Waals surface area (Å²) in [4.78, 5) is 39.0. The van der Waals surface area contributed by atoms with Gasteiger partial charge in [-0.2, -0.15) is 10.2 Å². The molecule has 3 N–H and O–H groups in total. The lowest BCUT2D eigenvalue weighted by Gasteiger charge is -2.33. The Morgan fingerprint density at radius 3 is 2.15 bits per heavy atom. The zero-order valence-corrected chi connectivity index (χ0v) is 37.6. The van der Waals surface area contributed by atoms with Crippen LogP contribution in [0, 0.1) is 47.3 Å². The topological polar surface area (TPSA) is 148 Å². The van der Waals surface area contributed by atoms with E-state index in [4.69, 9.17) is 14.2 Å². The number of carbonyl (C=O) groups excluding carboxylic acids is 3. The molecule has 0 aromatic rings. The maximum Gasteiger partial charge on any atom is 0.309 e. The van der Waals surface area contributed by atoms with Crippen LogP contribution in [0.4, 0.5) is 0 Å². The molecule has 59 heavy (non-hydrogen) atoms. The number of nitrogens with one attached hydrogen (secondary N) is 2. The fourth-order valence-corrected chi connectivity index (χ4v) is 9.70. The molecule has 0 spiro atoms. The Labute approximate surface area is 356 Å². The van der Waals surface area contributed by atoms with Gasteiger partial charge in [0.25, 0.3) is 0 Å². The standard InChI is InChI=1S/C48H80N4O7/c1-33(2)45-42-20-10-8-15-36(29-41(42)32-50-51-45)22-24-38(18-13-26-53)47(55)58-27-12-11-21-44(54)57-28-14-19-39(48(56)59-35(5)6)25-23-37-16-7-9-17-40-31-49-52-46(34(3)4)43(40)30-37/h31-39,41,43,49,51,53H,7-30H2,1-6H3. The molecule has 6 atom stereocenters. The van der Waals surface area contributed by atoms with Crippen LogP contribution in [0.2, 0.25) is 0 Å². The van der Waals surface area contributed by atoms with Crippen molar-refractivity contribution >= 4 is 29.8 Å². The zero-order valence-electron chi connectivity index (χ0n) is 37.6. The van der Waals surface area contributed by atoms with Crippen molar-refractivity contribution in [3.63, 3.8) is 0 Å². The highest BCUT2D eigenvalue weighted by Gasteiger charge is 2.32. The molecule has 11 heteroatoms. The number of ether oxygens (including phenoxy) is 3. The first kappa shape index (κ1) is 48.5. The Balaban J connectivity index is 1.15. The van der Waals surface area contributed by atoms with Gasteiger partial charge in [-0.05, 0) is 151 Å². The van der Waals surface area contributed by atoms with Gasteiger partial charge < -0.3 is 19.3 Å². The molecular weight excluding hydrogens is 745 g/mol. The van der Waals surface area contributed by atoms with Crippen LogP contribution in [-0.4, -0.2) is 60.9 Å². The Bertz CT molecular complexity index is 1440. The first-order valence-electron chi connectivity index (χ1n) is 23.6. The van der Waals surface area contributed by atoms with E-state index in [-0.39, 0.29) is 62.1 Å². The fourth-order valence-electron chi connectivity index (χ4n) is 9.70. The number of aliphatic hydroxyl groups is 1. The number of nitrogens with zero attached hydrogens (tertiary/aromatic N) is 2. The van der Waals surface area contributed by atoms with Crippen LogP contribution >= 0.6 is 0 Å². The number of hydrogen-bond donors (Lipinski definition) is 3. The molecule has 6 unspecified atom stereocenters. The van der Waals surface area contributed by atoms with Crippen LogP contribution in [0.25, 0.3) is 0 Å². The Morgan fingerprint density at radius 1 is 0.780 bits per heavy atom. The highest BCUT2D eigenvalue weighted by molar-refractivity contribution is 5.91. The molecular formula is C48H80N4O7. The van der Waals surface area contributed by atoms with Gasteiger partial charge in [0.2, 0.25) is 0 Å². The maximum absolute atomic E-state index is 13.2. The molecule has 0 aromatic heterocycles. The van der Waals surface area contributed by atoms with Gasteiger partial charge in [-0.25, -0.2) is 0 Å². The van der Waals surface area contributed by atoms with Crippen molar-refractivity contribution in [1.29, 1.82) is 0 Å². The number of carbonyl (C=O) groups is 3. The van der Waals surface area contributed by atoms with Gasteiger partial charge in [-0.3, -0.25) is 25.2 Å². The number of hydrogen-bond acceptors (Lipinski definition) is 11. The lowest BCUT2D eigenvalue weighted by molar-refractivity contribution is -0.153. The molecule has 0 bridgehead atoms. The van der Waals surface area contributed by atoms with Crippen LogP contribution in [0.15, 0.2) is 33.2 Å². The summed E-state index contributed by atoms with van der Waals surface area (Å²) in [6, 6.07) is 0. The second kappa shape index (κ2) is 26.2. The molecule has 11 nitrogen and oxygen atoms in total. The van der Waals surface area contributed by atoms with Crippen LogP contribution in [-0.2, 0) is 28.6 Å². The largest absolute Gasteiger partial charge is 0.466 e. The number of hydrazone groups is 2. The van der Waals surface area contributed by atoms with E-state index in [2.05, 4.69) is 61.2 Å². The van der Waals surface area contributed by atoms with Gasteiger partial charge in [0.15, 0.2) is 0 Å². The van der Waals surface area contributed by atoms with Crippen molar-refractivity contribution in [2.45, 2.75) is 182 Å². The molecule has 334 valence electrons. The van der Waals surface area contributed by atoms with Gasteiger partial charge >= 0.3 is 17.9 Å². The number of rotatable bonds is 23. The molecule has 2 heterocycles. The summed E-state index contributed by atoms with van der Waals surface area (Å²) in [5.74, 6) is 1.53. The average molecular weight is 825 g/mol. The predicted molar refractivity (Wildman–Crippen MR) is 235 cm³/mol. The SMILES string of the molecule is CC(C)OC(=O)C(CCCOC(=O)CCCCOC(=O)C(CCCO)CCC1CCCCC2=C(C(C)C)NN=CC2C1)CCC1CCCCC2=CNN=C(C(C)C)C2C1. The van der Waals surface area contributed by atoms with Crippen molar-refractivity contribution < 1.29 is 33.7 Å². The maximum atomic E-state index is 13.2. The highest BCUT2D eigenvalue weighted by Crippen LogP contribution is 2.39. The second-order valence-corrected chi connectivity index (χ2v) is 18.8. The minimum Gasteiger partial charge on any atom is -0.466 e. The summed E-state index contributed by atoms with van der Waals surface area (Å²) in [7, 11) is 0. The number of aliphatic hydroxyl groups excluding tert-OH is 1. The summed E-state index contributed by atoms with van der Waals surface area (Å²) in [6.45, 7) is 13.3. The van der Waals surface area contributed by atoms with E-state index in [0.717, 1.165) is 51.4 Å². The molecule has 2 fully saturated rings. The van der Waals surface area contributed by atoms with Crippen molar-refractivity contribution in [2.24, 2.45) is 57.5 Å². The minimum atomic E-state index is -0.266. The highest BCUT2D eigenvalue weighted by atomic mass is 16.5. The Morgan fingerprint density at radius 2 is 1.46 bits per heavy atom. The van der Waals surface area contributed by atoms with Gasteiger partial charge in [-0.15, -0.1) is 0 Å². The molecule has 0 radical (unpaired) electrons. The average Bonchev–Trinajstić information content (AvgIpc) is 3.18. The summed E-state index contributed by atoms with van der Waals surface area (Å²) >= 11 is 0. The summed E-state index contributed by atoms with van der Waals surface area (Å²) in [6.07, 6.45) is 22.8. The van der Waals surface area contributed by atoms with Crippen LogP contribution in [0.3, 0.4) is 0 Å². The first-order chi connectivity index (χ1) is 28.5. The molecule has 2 saturated carbocycles. The predicted octanol–water partition coefficient (Wildman–Crippen LogP) is 9.93. The molecule has 4 aliphatic rings. The van der Waals surface area contributed by atoms with Crippen molar-refractivity contribution in [3.8, 4) is 0 Å². The van der Waals surface area contributed by atoms with E-state index in [1.165, 1.54) is 61.1 Å². The van der Waals surface area contributed by atoms with E-state index in [1.807, 2.05) is 13.8 Å². The lowest BCUT2D eigenvalue weighted by Crippen LogP contribution is -2.31. The molecule has 0 saturated heterocycles. The number of fused-ring (bicyclic) bond motifs is 2. The van der Waals surface area contributed by atoms with E-state index in [1.54, 1.807) is 0 Å². The summed E-state index contributed by atoms with van der Waals surface area (Å²) in [5, 5.41) is 18.7. The quantitative estimate of drug-likeness (QED) is 0.0520. The smallest absolute Gasteiger partial charge is 0.309 e. The first-order valence-corrected chi connectivity index (χ1v) is 23.6.